The second-order valence-corrected chi connectivity index (χ2v) is 6.12. The number of nitrogens with one attached hydrogen (secondary N) is 2. The summed E-state index contributed by atoms with van der Waals surface area (Å²) in [5.41, 5.74) is 0.300. The van der Waals surface area contributed by atoms with Crippen molar-refractivity contribution < 1.29 is 9.18 Å². The van der Waals surface area contributed by atoms with Crippen LogP contribution in [0.15, 0.2) is 30.5 Å². The number of thiazole rings is 1. The topological polar surface area (TPSA) is 54.0 Å². The van der Waals surface area contributed by atoms with Crippen LogP contribution in [-0.2, 0) is 0 Å². The first-order valence-corrected chi connectivity index (χ1v) is 7.77. The maximum atomic E-state index is 13.1. The van der Waals surface area contributed by atoms with Gasteiger partial charge in [-0.25, -0.2) is 9.37 Å². The highest BCUT2D eigenvalue weighted by atomic mass is 32.1. The van der Waals surface area contributed by atoms with Gasteiger partial charge in [-0.05, 0) is 50.0 Å². The number of carbonyl (C=O) groups excluding carboxylic acids is 1. The van der Waals surface area contributed by atoms with Crippen LogP contribution >= 0.6 is 11.3 Å². The predicted octanol–water partition coefficient (Wildman–Crippen LogP) is 3.00. The van der Waals surface area contributed by atoms with Gasteiger partial charge >= 0.3 is 0 Å². The number of halogens is 1. The van der Waals surface area contributed by atoms with Crippen LogP contribution in [-0.4, -0.2) is 24.0 Å². The fourth-order valence-corrected chi connectivity index (χ4v) is 3.42. The molecule has 4 nitrogen and oxygen atoms in total. The number of anilines is 1. The van der Waals surface area contributed by atoms with Gasteiger partial charge < -0.3 is 5.32 Å². The van der Waals surface area contributed by atoms with Gasteiger partial charge in [0.1, 0.15) is 5.82 Å². The van der Waals surface area contributed by atoms with Crippen molar-refractivity contribution in [1.29, 1.82) is 0 Å². The molecule has 0 bridgehead atoms. The van der Waals surface area contributed by atoms with E-state index in [2.05, 4.69) is 15.6 Å². The maximum absolute atomic E-state index is 13.1. The molecule has 1 aliphatic rings. The molecule has 0 saturated carbocycles. The van der Waals surface area contributed by atoms with Gasteiger partial charge in [-0.15, -0.1) is 11.3 Å². The van der Waals surface area contributed by atoms with Crippen LogP contribution in [0.5, 0.6) is 0 Å². The molecule has 1 amide bonds. The van der Waals surface area contributed by atoms with E-state index in [1.807, 2.05) is 6.20 Å². The summed E-state index contributed by atoms with van der Waals surface area (Å²) in [6, 6.07) is 5.64. The maximum Gasteiger partial charge on any atom is 0.257 e. The fourth-order valence-electron chi connectivity index (χ4n) is 2.44. The minimum Gasteiger partial charge on any atom is -0.317 e. The number of rotatable bonds is 3. The number of hydrogen-bond acceptors (Lipinski definition) is 4. The minimum atomic E-state index is -0.419. The molecule has 3 rings (SSSR count). The molecule has 0 atom stereocenters. The zero-order valence-electron chi connectivity index (χ0n) is 11.4. The summed E-state index contributed by atoms with van der Waals surface area (Å²) >= 11 is 1.50. The van der Waals surface area contributed by atoms with E-state index >= 15 is 0 Å². The molecule has 21 heavy (non-hydrogen) atoms. The monoisotopic (exact) mass is 305 g/mol. The highest BCUT2D eigenvalue weighted by molar-refractivity contribution is 7.15. The molecule has 2 aromatic rings. The Bertz CT molecular complexity index is 637. The summed E-state index contributed by atoms with van der Waals surface area (Å²) in [5.74, 6) is -0.235. The van der Waals surface area contributed by atoms with Gasteiger partial charge in [0.05, 0.1) is 0 Å². The van der Waals surface area contributed by atoms with E-state index in [-0.39, 0.29) is 5.91 Å². The second kappa shape index (κ2) is 6.32. The molecule has 0 radical (unpaired) electrons. The lowest BCUT2D eigenvalue weighted by atomic mass is 9.97. The summed E-state index contributed by atoms with van der Waals surface area (Å²) in [6.45, 7) is 2.04. The second-order valence-electron chi connectivity index (χ2n) is 5.06. The lowest BCUT2D eigenvalue weighted by Crippen LogP contribution is -2.26. The van der Waals surface area contributed by atoms with Crippen molar-refractivity contribution in [1.82, 2.24) is 10.3 Å². The third-order valence-electron chi connectivity index (χ3n) is 3.57. The van der Waals surface area contributed by atoms with Crippen molar-refractivity contribution in [2.24, 2.45) is 0 Å². The molecule has 0 aliphatic carbocycles. The molecular formula is C15H16FN3OS. The van der Waals surface area contributed by atoms with Gasteiger partial charge in [0.2, 0.25) is 0 Å². The molecule has 1 aromatic carbocycles. The molecular weight excluding hydrogens is 289 g/mol. The summed E-state index contributed by atoms with van der Waals surface area (Å²) in [7, 11) is 0. The molecule has 2 heterocycles. The molecule has 110 valence electrons. The molecule has 1 fully saturated rings. The van der Waals surface area contributed by atoms with Gasteiger partial charge in [0.15, 0.2) is 5.13 Å². The number of carbonyl (C=O) groups is 1. The lowest BCUT2D eigenvalue weighted by molar-refractivity contribution is 0.102. The highest BCUT2D eigenvalue weighted by Crippen LogP contribution is 2.31. The lowest BCUT2D eigenvalue weighted by Gasteiger charge is -2.20. The summed E-state index contributed by atoms with van der Waals surface area (Å²) in [4.78, 5) is 17.5. The Labute approximate surface area is 126 Å². The average molecular weight is 305 g/mol. The Morgan fingerprint density at radius 3 is 2.95 bits per heavy atom. The first kappa shape index (κ1) is 14.2. The molecule has 0 spiro atoms. The van der Waals surface area contributed by atoms with Crippen molar-refractivity contribution in [2.75, 3.05) is 18.4 Å². The number of piperidine rings is 1. The van der Waals surface area contributed by atoms with Crippen LogP contribution < -0.4 is 10.6 Å². The van der Waals surface area contributed by atoms with Crippen LogP contribution in [0, 0.1) is 5.82 Å². The normalized spacial score (nSPS) is 15.9. The minimum absolute atomic E-state index is 0.300. The summed E-state index contributed by atoms with van der Waals surface area (Å²) in [6.07, 6.45) is 4.03. The molecule has 1 aliphatic heterocycles. The van der Waals surface area contributed by atoms with E-state index in [4.69, 9.17) is 0 Å². The Balaban J connectivity index is 1.68. The van der Waals surface area contributed by atoms with Crippen LogP contribution in [0.4, 0.5) is 9.52 Å². The smallest absolute Gasteiger partial charge is 0.257 e. The number of benzene rings is 1. The molecule has 6 heteroatoms. The number of amides is 1. The fraction of sp³-hybridized carbons (Fsp3) is 0.333. The number of hydrogen-bond donors (Lipinski definition) is 2. The van der Waals surface area contributed by atoms with Crippen molar-refractivity contribution in [3.8, 4) is 0 Å². The summed E-state index contributed by atoms with van der Waals surface area (Å²) < 4.78 is 13.1. The first-order valence-electron chi connectivity index (χ1n) is 6.96. The van der Waals surface area contributed by atoms with Gasteiger partial charge in [0.25, 0.3) is 5.91 Å². The molecule has 1 saturated heterocycles. The van der Waals surface area contributed by atoms with Crippen LogP contribution in [0.3, 0.4) is 0 Å². The van der Waals surface area contributed by atoms with Crippen molar-refractivity contribution in [2.45, 2.75) is 18.8 Å². The van der Waals surface area contributed by atoms with E-state index in [0.717, 1.165) is 25.9 Å². The van der Waals surface area contributed by atoms with Gasteiger partial charge in [-0.2, -0.15) is 0 Å². The predicted molar refractivity (Wildman–Crippen MR) is 81.3 cm³/mol. The summed E-state index contributed by atoms with van der Waals surface area (Å²) in [5, 5.41) is 6.63. The Hall–Kier alpha value is -1.79. The molecule has 2 N–H and O–H groups in total. The van der Waals surface area contributed by atoms with E-state index in [9.17, 15) is 9.18 Å². The average Bonchev–Trinajstić information content (AvgIpc) is 2.97. The van der Waals surface area contributed by atoms with Crippen molar-refractivity contribution in [3.05, 3.63) is 46.7 Å². The van der Waals surface area contributed by atoms with Gasteiger partial charge in [-0.1, -0.05) is 6.07 Å². The SMILES string of the molecule is O=C(Nc1ncc(C2CCNCC2)s1)c1cccc(F)c1. The highest BCUT2D eigenvalue weighted by Gasteiger charge is 2.18. The van der Waals surface area contributed by atoms with Crippen molar-refractivity contribution >= 4 is 22.4 Å². The third kappa shape index (κ3) is 3.46. The van der Waals surface area contributed by atoms with Crippen LogP contribution in [0.2, 0.25) is 0 Å². The van der Waals surface area contributed by atoms with Crippen LogP contribution in [0.25, 0.3) is 0 Å². The van der Waals surface area contributed by atoms with Gasteiger partial charge in [0, 0.05) is 16.6 Å². The largest absolute Gasteiger partial charge is 0.317 e. The van der Waals surface area contributed by atoms with E-state index < -0.39 is 5.82 Å². The molecule has 0 unspecified atom stereocenters. The molecule has 1 aromatic heterocycles. The Morgan fingerprint density at radius 2 is 2.19 bits per heavy atom. The number of nitrogens with zero attached hydrogens (tertiary/aromatic N) is 1. The van der Waals surface area contributed by atoms with E-state index in [1.54, 1.807) is 6.07 Å². The zero-order valence-corrected chi connectivity index (χ0v) is 12.3. The third-order valence-corrected chi connectivity index (χ3v) is 4.65. The Morgan fingerprint density at radius 1 is 1.38 bits per heavy atom. The van der Waals surface area contributed by atoms with Crippen molar-refractivity contribution in [3.63, 3.8) is 0 Å². The standard InChI is InChI=1S/C15H16FN3OS/c16-12-3-1-2-11(8-12)14(20)19-15-18-9-13(21-15)10-4-6-17-7-5-10/h1-3,8-10,17H,4-7H2,(H,18,19,20). The zero-order chi connectivity index (χ0) is 14.7. The quantitative estimate of drug-likeness (QED) is 0.916. The first-order chi connectivity index (χ1) is 10.2. The Kier molecular flexibility index (Phi) is 4.26. The van der Waals surface area contributed by atoms with Gasteiger partial charge in [-0.3, -0.25) is 10.1 Å². The van der Waals surface area contributed by atoms with Crippen LogP contribution in [0.1, 0.15) is 34.0 Å². The number of aromatic nitrogens is 1. The van der Waals surface area contributed by atoms with E-state index in [1.165, 1.54) is 34.4 Å². The van der Waals surface area contributed by atoms with E-state index in [0.29, 0.717) is 16.6 Å².